The lowest BCUT2D eigenvalue weighted by molar-refractivity contribution is 0.557. The summed E-state index contributed by atoms with van der Waals surface area (Å²) in [5.74, 6) is 0.508. The van der Waals surface area contributed by atoms with Crippen LogP contribution in [0.3, 0.4) is 0 Å². The molecule has 4 heteroatoms. The summed E-state index contributed by atoms with van der Waals surface area (Å²) in [7, 11) is 0. The molecule has 114 valence electrons. The van der Waals surface area contributed by atoms with Gasteiger partial charge in [-0.3, -0.25) is 4.68 Å². The molecule has 0 radical (unpaired) electrons. The zero-order chi connectivity index (χ0) is 15.2. The lowest BCUT2D eigenvalue weighted by Crippen LogP contribution is -2.21. The van der Waals surface area contributed by atoms with Crippen LogP contribution in [0.25, 0.3) is 0 Å². The zero-order valence-electron chi connectivity index (χ0n) is 13.1. The molecular formula is C17H24BrN3. The van der Waals surface area contributed by atoms with Crippen LogP contribution in [-0.2, 0) is 19.5 Å². The van der Waals surface area contributed by atoms with Gasteiger partial charge in [0.15, 0.2) is 0 Å². The molecule has 1 aromatic carbocycles. The summed E-state index contributed by atoms with van der Waals surface area (Å²) in [5, 5.41) is 8.19. The van der Waals surface area contributed by atoms with E-state index in [1.807, 2.05) is 0 Å². The summed E-state index contributed by atoms with van der Waals surface area (Å²) >= 11 is 3.69. The third-order valence-electron chi connectivity index (χ3n) is 3.81. The number of rotatable bonds is 7. The number of hydrogen-bond acceptors (Lipinski definition) is 2. The second kappa shape index (κ2) is 7.76. The van der Waals surface area contributed by atoms with E-state index in [4.69, 9.17) is 0 Å². The highest BCUT2D eigenvalue weighted by molar-refractivity contribution is 9.10. The standard InChI is InChI=1S/C17H24BrN3/c1-4-15-17(18)16(21(5-2)20-15)12-19-11-13(3)14-9-7-6-8-10-14/h6-10,13,19H,4-5,11-12H2,1-3H3. The fourth-order valence-corrected chi connectivity index (χ4v) is 3.20. The summed E-state index contributed by atoms with van der Waals surface area (Å²) in [5.41, 5.74) is 3.77. The first kappa shape index (κ1) is 16.2. The molecule has 0 bridgehead atoms. The summed E-state index contributed by atoms with van der Waals surface area (Å²) in [4.78, 5) is 0. The van der Waals surface area contributed by atoms with Gasteiger partial charge in [-0.25, -0.2) is 0 Å². The van der Waals surface area contributed by atoms with Crippen molar-refractivity contribution in [3.8, 4) is 0 Å². The Balaban J connectivity index is 1.96. The first-order valence-electron chi connectivity index (χ1n) is 7.67. The van der Waals surface area contributed by atoms with Gasteiger partial charge in [-0.2, -0.15) is 5.10 Å². The molecule has 1 unspecified atom stereocenters. The first-order valence-corrected chi connectivity index (χ1v) is 8.46. The highest BCUT2D eigenvalue weighted by atomic mass is 79.9. The summed E-state index contributed by atoms with van der Waals surface area (Å²) in [6, 6.07) is 10.6. The Kier molecular flexibility index (Phi) is 6.00. The zero-order valence-corrected chi connectivity index (χ0v) is 14.7. The van der Waals surface area contributed by atoms with Crippen LogP contribution < -0.4 is 5.32 Å². The van der Waals surface area contributed by atoms with E-state index in [1.54, 1.807) is 0 Å². The van der Waals surface area contributed by atoms with Crippen LogP contribution in [0.1, 0.15) is 43.6 Å². The van der Waals surface area contributed by atoms with E-state index < -0.39 is 0 Å². The van der Waals surface area contributed by atoms with E-state index in [0.29, 0.717) is 5.92 Å². The van der Waals surface area contributed by atoms with E-state index >= 15 is 0 Å². The van der Waals surface area contributed by atoms with E-state index in [0.717, 1.165) is 36.2 Å². The van der Waals surface area contributed by atoms with Crippen molar-refractivity contribution < 1.29 is 0 Å². The summed E-state index contributed by atoms with van der Waals surface area (Å²) in [6.45, 7) is 9.25. The lowest BCUT2D eigenvalue weighted by atomic mass is 10.0. The third-order valence-corrected chi connectivity index (χ3v) is 4.72. The van der Waals surface area contributed by atoms with Gasteiger partial charge < -0.3 is 5.32 Å². The molecule has 0 saturated carbocycles. The molecule has 0 aliphatic rings. The molecule has 1 N–H and O–H groups in total. The molecule has 2 aromatic rings. The molecule has 0 spiro atoms. The number of aryl methyl sites for hydroxylation is 2. The van der Waals surface area contributed by atoms with Crippen LogP contribution in [0.2, 0.25) is 0 Å². The van der Waals surface area contributed by atoms with Crippen molar-refractivity contribution in [1.82, 2.24) is 15.1 Å². The normalized spacial score (nSPS) is 12.6. The molecule has 0 saturated heterocycles. The van der Waals surface area contributed by atoms with Gasteiger partial charge in [0, 0.05) is 19.6 Å². The van der Waals surface area contributed by atoms with Crippen LogP contribution in [0, 0.1) is 0 Å². The van der Waals surface area contributed by atoms with Crippen LogP contribution >= 0.6 is 15.9 Å². The van der Waals surface area contributed by atoms with Gasteiger partial charge >= 0.3 is 0 Å². The van der Waals surface area contributed by atoms with E-state index in [9.17, 15) is 0 Å². The van der Waals surface area contributed by atoms with Crippen LogP contribution in [-0.4, -0.2) is 16.3 Å². The number of halogens is 1. The Hall–Kier alpha value is -1.13. The second-order valence-electron chi connectivity index (χ2n) is 5.32. The van der Waals surface area contributed by atoms with E-state index in [-0.39, 0.29) is 0 Å². The quantitative estimate of drug-likeness (QED) is 0.814. The average molecular weight is 350 g/mol. The third kappa shape index (κ3) is 3.95. The van der Waals surface area contributed by atoms with Crippen LogP contribution in [0.4, 0.5) is 0 Å². The van der Waals surface area contributed by atoms with Crippen LogP contribution in [0.5, 0.6) is 0 Å². The van der Waals surface area contributed by atoms with Crippen molar-refractivity contribution in [2.24, 2.45) is 0 Å². The van der Waals surface area contributed by atoms with Crippen molar-refractivity contribution >= 4 is 15.9 Å². The predicted molar refractivity (Wildman–Crippen MR) is 91.5 cm³/mol. The molecule has 0 aliphatic carbocycles. The van der Waals surface area contributed by atoms with Crippen LogP contribution in [0.15, 0.2) is 34.8 Å². The Morgan fingerprint density at radius 3 is 2.57 bits per heavy atom. The maximum Gasteiger partial charge on any atom is 0.0767 e. The fraction of sp³-hybridized carbons (Fsp3) is 0.471. The van der Waals surface area contributed by atoms with Crippen molar-refractivity contribution in [3.63, 3.8) is 0 Å². The minimum Gasteiger partial charge on any atom is -0.311 e. The monoisotopic (exact) mass is 349 g/mol. The van der Waals surface area contributed by atoms with Gasteiger partial charge in [0.1, 0.15) is 0 Å². The first-order chi connectivity index (χ1) is 10.2. The van der Waals surface area contributed by atoms with Gasteiger partial charge in [0.25, 0.3) is 0 Å². The fourth-order valence-electron chi connectivity index (χ4n) is 2.49. The van der Waals surface area contributed by atoms with Gasteiger partial charge in [0.2, 0.25) is 0 Å². The second-order valence-corrected chi connectivity index (χ2v) is 6.11. The highest BCUT2D eigenvalue weighted by Crippen LogP contribution is 2.22. The molecule has 0 fully saturated rings. The lowest BCUT2D eigenvalue weighted by Gasteiger charge is -2.13. The molecule has 3 nitrogen and oxygen atoms in total. The number of nitrogens with one attached hydrogen (secondary N) is 1. The van der Waals surface area contributed by atoms with Gasteiger partial charge in [-0.15, -0.1) is 0 Å². The number of benzene rings is 1. The van der Waals surface area contributed by atoms with Crippen molar-refractivity contribution in [1.29, 1.82) is 0 Å². The number of hydrogen-bond donors (Lipinski definition) is 1. The Labute approximate surface area is 135 Å². The number of aromatic nitrogens is 2. The SMILES string of the molecule is CCc1nn(CC)c(CNCC(C)c2ccccc2)c1Br. The Morgan fingerprint density at radius 2 is 1.95 bits per heavy atom. The minimum atomic E-state index is 0.508. The summed E-state index contributed by atoms with van der Waals surface area (Å²) in [6.07, 6.45) is 0.959. The van der Waals surface area contributed by atoms with E-state index in [1.165, 1.54) is 11.3 Å². The molecule has 21 heavy (non-hydrogen) atoms. The van der Waals surface area contributed by atoms with Gasteiger partial charge in [-0.1, -0.05) is 44.2 Å². The molecule has 0 aliphatic heterocycles. The summed E-state index contributed by atoms with van der Waals surface area (Å²) < 4.78 is 3.25. The van der Waals surface area contributed by atoms with Crippen molar-refractivity contribution in [2.75, 3.05) is 6.54 Å². The van der Waals surface area contributed by atoms with Gasteiger partial charge in [-0.05, 0) is 40.8 Å². The van der Waals surface area contributed by atoms with Gasteiger partial charge in [0.05, 0.1) is 15.9 Å². The molecule has 2 rings (SSSR count). The molecule has 0 amide bonds. The molecule has 1 heterocycles. The molecule has 1 atom stereocenters. The topological polar surface area (TPSA) is 29.9 Å². The largest absolute Gasteiger partial charge is 0.311 e. The van der Waals surface area contributed by atoms with Crippen molar-refractivity contribution in [2.45, 2.75) is 46.2 Å². The smallest absolute Gasteiger partial charge is 0.0767 e. The predicted octanol–water partition coefficient (Wildman–Crippen LogP) is 4.12. The van der Waals surface area contributed by atoms with E-state index in [2.05, 4.69) is 82.1 Å². The Morgan fingerprint density at radius 1 is 1.24 bits per heavy atom. The maximum atomic E-state index is 4.63. The maximum absolute atomic E-state index is 4.63. The highest BCUT2D eigenvalue weighted by Gasteiger charge is 2.13. The number of nitrogens with zero attached hydrogens (tertiary/aromatic N) is 2. The minimum absolute atomic E-state index is 0.508. The molecular weight excluding hydrogens is 326 g/mol. The average Bonchev–Trinajstić information content (AvgIpc) is 2.84. The molecule has 1 aromatic heterocycles. The van der Waals surface area contributed by atoms with Crippen molar-refractivity contribution in [3.05, 3.63) is 51.8 Å². The Bertz CT molecular complexity index is 563.